The van der Waals surface area contributed by atoms with E-state index in [0.717, 1.165) is 6.08 Å². The number of hydrogen-bond donors (Lipinski definition) is 1. The molecule has 0 aliphatic carbocycles. The second kappa shape index (κ2) is 7.38. The van der Waals surface area contributed by atoms with E-state index in [4.69, 9.17) is 0 Å². The first kappa shape index (κ1) is 16.5. The van der Waals surface area contributed by atoms with Crippen LogP contribution in [0.5, 0.6) is 0 Å². The molecule has 0 aliphatic heterocycles. The normalized spacial score (nSPS) is 12.4. The van der Waals surface area contributed by atoms with Crippen molar-refractivity contribution in [3.05, 3.63) is 12.7 Å². The molecule has 6 nitrogen and oxygen atoms in total. The van der Waals surface area contributed by atoms with Gasteiger partial charge in [-0.1, -0.05) is 13.5 Å². The molecule has 1 atom stereocenters. The Kier molecular flexibility index (Phi) is 8.12. The Hall–Kier alpha value is -0.920. The number of hydrogen-bond acceptors (Lipinski definition) is 6. The van der Waals surface area contributed by atoms with Crippen LogP contribution in [0.3, 0.4) is 0 Å². The smallest absolute Gasteiger partial charge is 0.332 e. The molecule has 1 unspecified atom stereocenters. The van der Waals surface area contributed by atoms with Gasteiger partial charge in [-0.15, -0.1) is 0 Å². The molecule has 3 N–H and O–H groups in total. The van der Waals surface area contributed by atoms with Crippen molar-refractivity contribution in [2.45, 2.75) is 26.6 Å². The van der Waals surface area contributed by atoms with Gasteiger partial charge >= 0.3 is 5.97 Å². The van der Waals surface area contributed by atoms with E-state index in [0.29, 0.717) is 6.42 Å². The highest BCUT2D eigenvalue weighted by molar-refractivity contribution is 7.86. The maximum absolute atomic E-state index is 11.1. The van der Waals surface area contributed by atoms with Crippen molar-refractivity contribution in [2.75, 3.05) is 5.75 Å². The van der Waals surface area contributed by atoms with Crippen LogP contribution in [0.4, 0.5) is 0 Å². The summed E-state index contributed by atoms with van der Waals surface area (Å²) in [5.41, 5.74) is 0. The lowest BCUT2D eigenvalue weighted by atomic mass is 10.6. The third-order valence-corrected chi connectivity index (χ3v) is 2.66. The third-order valence-electron chi connectivity index (χ3n) is 1.19. The van der Waals surface area contributed by atoms with Gasteiger partial charge in [0, 0.05) is 6.08 Å². The molecule has 0 aromatic heterocycles. The van der Waals surface area contributed by atoms with Crippen molar-refractivity contribution >= 4 is 16.1 Å². The van der Waals surface area contributed by atoms with E-state index in [1.54, 1.807) is 6.92 Å². The van der Waals surface area contributed by atoms with Crippen LogP contribution in [0, 0.1) is 0 Å². The van der Waals surface area contributed by atoms with Crippen LogP contribution >= 0.6 is 0 Å². The summed E-state index contributed by atoms with van der Waals surface area (Å²) in [6.45, 7) is 6.20. The predicted octanol–water partition coefficient (Wildman–Crippen LogP) is 0.980. The third kappa shape index (κ3) is 8.10. The van der Waals surface area contributed by atoms with Crippen LogP contribution in [0.1, 0.15) is 20.3 Å². The monoisotopic (exact) mass is 239 g/mol. The molecule has 0 rings (SSSR count). The molecule has 0 saturated carbocycles. The maximum atomic E-state index is 11.1. The lowest BCUT2D eigenvalue weighted by molar-refractivity contribution is -0.154. The molecule has 0 spiro atoms. The molecule has 0 amide bonds. The Labute approximate surface area is 90.0 Å². The van der Waals surface area contributed by atoms with Gasteiger partial charge in [0.2, 0.25) is 6.29 Å². The number of carbonyl (C=O) groups excluding carboxylic acids is 1. The first-order chi connectivity index (χ1) is 6.41. The van der Waals surface area contributed by atoms with Crippen molar-refractivity contribution in [3.63, 3.8) is 0 Å². The van der Waals surface area contributed by atoms with Crippen molar-refractivity contribution in [2.24, 2.45) is 0 Å². The van der Waals surface area contributed by atoms with Gasteiger partial charge < -0.3 is 10.9 Å². The van der Waals surface area contributed by atoms with Crippen molar-refractivity contribution in [1.29, 1.82) is 0 Å². The molecule has 7 heteroatoms. The average molecular weight is 239 g/mol. The van der Waals surface area contributed by atoms with Crippen molar-refractivity contribution in [1.82, 2.24) is 6.15 Å². The molecule has 0 saturated heterocycles. The van der Waals surface area contributed by atoms with E-state index < -0.39 is 22.4 Å². The summed E-state index contributed by atoms with van der Waals surface area (Å²) in [6.07, 6.45) is 0.272. The molecular formula is C8H17NO5S. The molecular weight excluding hydrogens is 222 g/mol. The quantitative estimate of drug-likeness (QED) is 0.320. The minimum absolute atomic E-state index is 0. The van der Waals surface area contributed by atoms with Crippen LogP contribution in [0.2, 0.25) is 0 Å². The first-order valence-corrected chi connectivity index (χ1v) is 5.73. The van der Waals surface area contributed by atoms with Gasteiger partial charge in [-0.3, -0.25) is 0 Å². The minimum Gasteiger partial charge on any atom is -0.432 e. The fourth-order valence-electron chi connectivity index (χ4n) is 0.736. The zero-order chi connectivity index (χ0) is 11.2. The van der Waals surface area contributed by atoms with E-state index in [1.807, 2.05) is 0 Å². The van der Waals surface area contributed by atoms with Crippen LogP contribution in [0.25, 0.3) is 0 Å². The summed E-state index contributed by atoms with van der Waals surface area (Å²) in [4.78, 5) is 10.7. The molecule has 0 radical (unpaired) electrons. The lowest BCUT2D eigenvalue weighted by Gasteiger charge is -2.11. The van der Waals surface area contributed by atoms with Gasteiger partial charge in [0.05, 0.1) is 5.75 Å². The highest BCUT2D eigenvalue weighted by Crippen LogP contribution is 2.03. The van der Waals surface area contributed by atoms with Crippen LogP contribution in [-0.4, -0.2) is 26.4 Å². The molecule has 0 heterocycles. The predicted molar refractivity (Wildman–Crippen MR) is 55.9 cm³/mol. The lowest BCUT2D eigenvalue weighted by Crippen LogP contribution is -2.22. The Bertz CT molecular complexity index is 298. The molecule has 0 aromatic rings. The van der Waals surface area contributed by atoms with E-state index >= 15 is 0 Å². The van der Waals surface area contributed by atoms with E-state index in [-0.39, 0.29) is 11.9 Å². The average Bonchev–Trinajstić information content (AvgIpc) is 2.02. The van der Waals surface area contributed by atoms with Gasteiger partial charge in [0.25, 0.3) is 10.1 Å². The summed E-state index contributed by atoms with van der Waals surface area (Å²) in [5, 5.41) is 0. The van der Waals surface area contributed by atoms with Crippen LogP contribution in [-0.2, 0) is 23.8 Å². The summed E-state index contributed by atoms with van der Waals surface area (Å²) in [7, 11) is -3.60. The largest absolute Gasteiger partial charge is 0.432 e. The van der Waals surface area contributed by atoms with Gasteiger partial charge in [0.1, 0.15) is 0 Å². The van der Waals surface area contributed by atoms with Gasteiger partial charge in [-0.25, -0.2) is 8.98 Å². The van der Waals surface area contributed by atoms with Crippen molar-refractivity contribution < 1.29 is 22.1 Å². The van der Waals surface area contributed by atoms with Gasteiger partial charge in [-0.05, 0) is 13.3 Å². The summed E-state index contributed by atoms with van der Waals surface area (Å²) in [6, 6.07) is 0. The van der Waals surface area contributed by atoms with Gasteiger partial charge in [-0.2, -0.15) is 8.42 Å². The molecule has 0 aliphatic rings. The standard InChI is InChI=1S/C8H14O5S.H3N/c1-4-6-14(10,11)13-7(3)12-8(9)5-2;/h5,7H,2,4,6H2,1,3H3;1H3. The highest BCUT2D eigenvalue weighted by atomic mass is 32.2. The fourth-order valence-corrected chi connectivity index (χ4v) is 1.78. The number of rotatable bonds is 6. The Morgan fingerprint density at radius 1 is 1.53 bits per heavy atom. The van der Waals surface area contributed by atoms with Crippen molar-refractivity contribution in [3.8, 4) is 0 Å². The number of esters is 1. The Morgan fingerprint density at radius 3 is 2.47 bits per heavy atom. The van der Waals surface area contributed by atoms with Crippen LogP contribution < -0.4 is 6.15 Å². The second-order valence-corrected chi connectivity index (χ2v) is 4.28. The molecule has 0 aromatic carbocycles. The SMILES string of the molecule is C=CC(=O)OC(C)OS(=O)(=O)CCC.N. The Balaban J connectivity index is 0. The maximum Gasteiger partial charge on any atom is 0.332 e. The second-order valence-electron chi connectivity index (χ2n) is 2.57. The molecule has 0 fully saturated rings. The van der Waals surface area contributed by atoms with Crippen LogP contribution in [0.15, 0.2) is 12.7 Å². The van der Waals surface area contributed by atoms with Gasteiger partial charge in [0.15, 0.2) is 0 Å². The first-order valence-electron chi connectivity index (χ1n) is 4.15. The summed E-state index contributed by atoms with van der Waals surface area (Å²) >= 11 is 0. The Morgan fingerprint density at radius 2 is 2.07 bits per heavy atom. The zero-order valence-corrected chi connectivity index (χ0v) is 9.75. The summed E-state index contributed by atoms with van der Waals surface area (Å²) < 4.78 is 31.2. The topological polar surface area (TPSA) is 105 Å². The van der Waals surface area contributed by atoms with E-state index in [2.05, 4.69) is 15.5 Å². The fraction of sp³-hybridized carbons (Fsp3) is 0.625. The summed E-state index contributed by atoms with van der Waals surface area (Å²) in [5.74, 6) is -0.813. The molecule has 90 valence electrons. The van der Waals surface area contributed by atoms with E-state index in [1.165, 1.54) is 6.92 Å². The highest BCUT2D eigenvalue weighted by Gasteiger charge is 2.16. The number of ether oxygens (including phenoxy) is 1. The zero-order valence-electron chi connectivity index (χ0n) is 8.93. The number of carbonyl (C=O) groups is 1. The van der Waals surface area contributed by atoms with E-state index in [9.17, 15) is 13.2 Å². The molecule has 15 heavy (non-hydrogen) atoms. The minimum atomic E-state index is -3.60. The molecule has 0 bridgehead atoms.